The van der Waals surface area contributed by atoms with Gasteiger partial charge in [-0.1, -0.05) is 18.6 Å². The molecule has 3 rings (SSSR count). The predicted octanol–water partition coefficient (Wildman–Crippen LogP) is 3.05. The molecule has 0 saturated carbocycles. The normalized spacial score (nSPS) is 14.2. The van der Waals surface area contributed by atoms with E-state index in [-0.39, 0.29) is 11.6 Å². The van der Waals surface area contributed by atoms with Gasteiger partial charge in [-0.15, -0.1) is 10.2 Å². The first kappa shape index (κ1) is 22.1. The number of guanidine groups is 1. The molecular formula is C22H33FN6O. The summed E-state index contributed by atoms with van der Waals surface area (Å²) >= 11 is 0. The Bertz CT molecular complexity index is 822. The number of hydrogen-bond acceptors (Lipinski definition) is 4. The fraction of sp³-hybridized carbons (Fsp3) is 0.591. The van der Waals surface area contributed by atoms with E-state index in [9.17, 15) is 4.39 Å². The van der Waals surface area contributed by atoms with E-state index in [0.717, 1.165) is 50.0 Å². The zero-order valence-corrected chi connectivity index (χ0v) is 18.1. The van der Waals surface area contributed by atoms with Crippen molar-refractivity contribution in [1.29, 1.82) is 0 Å². The molecule has 8 heteroatoms. The van der Waals surface area contributed by atoms with Crippen LogP contribution in [0.4, 0.5) is 4.39 Å². The minimum atomic E-state index is -0.341. The third kappa shape index (κ3) is 6.18. The van der Waals surface area contributed by atoms with Crippen LogP contribution in [0, 0.1) is 5.82 Å². The lowest BCUT2D eigenvalue weighted by molar-refractivity contribution is 0.270. The molecule has 1 N–H and O–H groups in total. The van der Waals surface area contributed by atoms with E-state index in [2.05, 4.69) is 20.1 Å². The van der Waals surface area contributed by atoms with E-state index < -0.39 is 0 Å². The number of nitrogens with one attached hydrogen (secondary N) is 1. The van der Waals surface area contributed by atoms with Gasteiger partial charge in [0.15, 0.2) is 17.5 Å². The van der Waals surface area contributed by atoms with Crippen LogP contribution in [0.3, 0.4) is 0 Å². The molecule has 0 spiro atoms. The van der Waals surface area contributed by atoms with Crippen LogP contribution < -0.4 is 10.1 Å². The summed E-state index contributed by atoms with van der Waals surface area (Å²) in [5, 5.41) is 12.1. The van der Waals surface area contributed by atoms with Crippen LogP contribution in [0.2, 0.25) is 0 Å². The molecule has 0 bridgehead atoms. The second kappa shape index (κ2) is 11.5. The lowest BCUT2D eigenvalue weighted by Crippen LogP contribution is -2.41. The van der Waals surface area contributed by atoms with Crippen molar-refractivity contribution in [3.05, 3.63) is 41.7 Å². The molecule has 1 aliphatic heterocycles. The van der Waals surface area contributed by atoms with Gasteiger partial charge in [-0.25, -0.2) is 4.39 Å². The second-order valence-corrected chi connectivity index (χ2v) is 7.53. The molecule has 30 heavy (non-hydrogen) atoms. The van der Waals surface area contributed by atoms with E-state index in [4.69, 9.17) is 9.73 Å². The Morgan fingerprint density at radius 3 is 2.97 bits per heavy atom. The largest absolute Gasteiger partial charge is 0.489 e. The van der Waals surface area contributed by atoms with Crippen molar-refractivity contribution in [2.75, 3.05) is 33.3 Å². The van der Waals surface area contributed by atoms with Gasteiger partial charge in [0.2, 0.25) is 0 Å². The van der Waals surface area contributed by atoms with E-state index >= 15 is 0 Å². The highest BCUT2D eigenvalue weighted by atomic mass is 19.1. The quantitative estimate of drug-likeness (QED) is 0.387. The highest BCUT2D eigenvalue weighted by Gasteiger charge is 2.14. The number of nitrogens with zero attached hydrogens (tertiary/aromatic N) is 5. The topological polar surface area (TPSA) is 67.6 Å². The predicted molar refractivity (Wildman–Crippen MR) is 116 cm³/mol. The maximum Gasteiger partial charge on any atom is 0.193 e. The lowest BCUT2D eigenvalue weighted by Gasteiger charge is -2.22. The Hall–Kier alpha value is -2.64. The zero-order valence-electron chi connectivity index (χ0n) is 18.1. The Balaban J connectivity index is 1.46. The molecule has 0 aliphatic carbocycles. The molecule has 0 amide bonds. The third-order valence-electron chi connectivity index (χ3n) is 5.22. The number of para-hydroxylation sites is 1. The van der Waals surface area contributed by atoms with Crippen LogP contribution in [0.1, 0.15) is 44.3 Å². The van der Waals surface area contributed by atoms with Crippen LogP contribution in [0.15, 0.2) is 29.3 Å². The SMILES string of the molecule is CCNC(=NCCCc1nnc2n1CCCCC2)N(C)CCOc1ccccc1F. The van der Waals surface area contributed by atoms with Crippen molar-refractivity contribution in [2.45, 2.75) is 52.0 Å². The molecule has 0 unspecified atom stereocenters. The Morgan fingerprint density at radius 2 is 2.13 bits per heavy atom. The Kier molecular flexibility index (Phi) is 8.47. The number of fused-ring (bicyclic) bond motifs is 1. The van der Waals surface area contributed by atoms with Crippen molar-refractivity contribution < 1.29 is 9.13 Å². The number of benzene rings is 1. The average molecular weight is 417 g/mol. The first-order valence-corrected chi connectivity index (χ1v) is 11.0. The Morgan fingerprint density at radius 1 is 1.27 bits per heavy atom. The highest BCUT2D eigenvalue weighted by Crippen LogP contribution is 2.16. The van der Waals surface area contributed by atoms with Crippen molar-refractivity contribution in [3.63, 3.8) is 0 Å². The summed E-state index contributed by atoms with van der Waals surface area (Å²) in [6.07, 6.45) is 6.53. The number of rotatable bonds is 9. The molecule has 0 atom stereocenters. The molecule has 0 saturated heterocycles. The van der Waals surface area contributed by atoms with Crippen molar-refractivity contribution in [3.8, 4) is 5.75 Å². The minimum Gasteiger partial charge on any atom is -0.489 e. The van der Waals surface area contributed by atoms with Gasteiger partial charge in [0.05, 0.1) is 6.54 Å². The van der Waals surface area contributed by atoms with Gasteiger partial charge in [-0.3, -0.25) is 4.99 Å². The number of halogens is 1. The summed E-state index contributed by atoms with van der Waals surface area (Å²) in [5.41, 5.74) is 0. The van der Waals surface area contributed by atoms with Crippen LogP contribution >= 0.6 is 0 Å². The fourth-order valence-electron chi connectivity index (χ4n) is 3.58. The minimum absolute atomic E-state index is 0.278. The van der Waals surface area contributed by atoms with Crippen LogP contribution in [-0.2, 0) is 19.4 Å². The summed E-state index contributed by atoms with van der Waals surface area (Å²) < 4.78 is 21.5. The van der Waals surface area contributed by atoms with Gasteiger partial charge in [0.25, 0.3) is 0 Å². The third-order valence-corrected chi connectivity index (χ3v) is 5.22. The molecule has 2 aromatic rings. The maximum absolute atomic E-state index is 13.7. The first-order valence-electron chi connectivity index (χ1n) is 11.0. The number of ether oxygens (including phenoxy) is 1. The lowest BCUT2D eigenvalue weighted by atomic mass is 10.2. The van der Waals surface area contributed by atoms with Crippen molar-refractivity contribution in [1.82, 2.24) is 25.0 Å². The molecule has 7 nitrogen and oxygen atoms in total. The summed E-state index contributed by atoms with van der Waals surface area (Å²) in [6, 6.07) is 6.46. The van der Waals surface area contributed by atoms with Crippen LogP contribution in [0.5, 0.6) is 5.75 Å². The molecule has 164 valence electrons. The van der Waals surface area contributed by atoms with Gasteiger partial charge < -0.3 is 19.5 Å². The van der Waals surface area contributed by atoms with Gasteiger partial charge in [0, 0.05) is 39.5 Å². The van der Waals surface area contributed by atoms with Gasteiger partial charge in [-0.05, 0) is 38.3 Å². The Labute approximate surface area is 178 Å². The molecule has 0 fully saturated rings. The zero-order chi connectivity index (χ0) is 21.2. The fourth-order valence-corrected chi connectivity index (χ4v) is 3.58. The van der Waals surface area contributed by atoms with E-state index in [1.165, 1.54) is 25.3 Å². The molecule has 1 aromatic heterocycles. The summed E-state index contributed by atoms with van der Waals surface area (Å²) in [5.74, 6) is 2.98. The standard InChI is InChI=1S/C22H33FN6O/c1-3-24-22(28(2)16-17-30-19-11-7-6-10-18(19)23)25-14-9-13-21-27-26-20-12-5-4-8-15-29(20)21/h6-7,10-11H,3-5,8-9,12-17H2,1-2H3,(H,24,25). The second-order valence-electron chi connectivity index (χ2n) is 7.53. The molecule has 1 aliphatic rings. The van der Waals surface area contributed by atoms with Crippen molar-refractivity contribution in [2.24, 2.45) is 4.99 Å². The monoisotopic (exact) mass is 416 g/mol. The highest BCUT2D eigenvalue weighted by molar-refractivity contribution is 5.79. The molecule has 1 aromatic carbocycles. The molecule has 2 heterocycles. The number of aliphatic imine (C=N–C) groups is 1. The molecule has 0 radical (unpaired) electrons. The number of aryl methyl sites for hydroxylation is 2. The van der Waals surface area contributed by atoms with E-state index in [1.807, 2.05) is 18.9 Å². The van der Waals surface area contributed by atoms with Gasteiger partial charge >= 0.3 is 0 Å². The van der Waals surface area contributed by atoms with Gasteiger partial charge in [-0.2, -0.15) is 0 Å². The number of aromatic nitrogens is 3. The van der Waals surface area contributed by atoms with Crippen LogP contribution in [0.25, 0.3) is 0 Å². The molecular weight excluding hydrogens is 383 g/mol. The van der Waals surface area contributed by atoms with E-state index in [1.54, 1.807) is 18.2 Å². The van der Waals surface area contributed by atoms with Crippen LogP contribution in [-0.4, -0.2) is 58.9 Å². The first-order chi connectivity index (χ1) is 14.7. The summed E-state index contributed by atoms with van der Waals surface area (Å²) in [7, 11) is 1.96. The summed E-state index contributed by atoms with van der Waals surface area (Å²) in [4.78, 5) is 6.74. The average Bonchev–Trinajstić information content (AvgIpc) is 2.97. The number of hydrogen-bond donors (Lipinski definition) is 1. The van der Waals surface area contributed by atoms with E-state index in [0.29, 0.717) is 19.7 Å². The smallest absolute Gasteiger partial charge is 0.193 e. The summed E-state index contributed by atoms with van der Waals surface area (Å²) in [6.45, 7) is 5.57. The van der Waals surface area contributed by atoms with Gasteiger partial charge in [0.1, 0.15) is 18.3 Å². The van der Waals surface area contributed by atoms with Crippen molar-refractivity contribution >= 4 is 5.96 Å². The number of likely N-dealkylation sites (N-methyl/N-ethyl adjacent to an activating group) is 1. The maximum atomic E-state index is 13.7.